The first kappa shape index (κ1) is 34.8. The van der Waals surface area contributed by atoms with Crippen molar-refractivity contribution >= 4 is 43.9 Å². The Morgan fingerprint density at radius 1 is 0.460 bits per heavy atom. The van der Waals surface area contributed by atoms with Gasteiger partial charge in [0, 0.05) is 33.7 Å². The summed E-state index contributed by atoms with van der Waals surface area (Å²) in [7, 11) is 0. The Morgan fingerprint density at radius 2 is 0.940 bits per heavy atom. The second-order valence-electron chi connectivity index (χ2n) is 11.3. The van der Waals surface area contributed by atoms with E-state index in [1.54, 1.807) is 26.0 Å². The Balaban J connectivity index is 0.000000130. The molecule has 0 N–H and O–H groups in total. The number of aryl methyl sites for hydroxylation is 5. The van der Waals surface area contributed by atoms with E-state index in [9.17, 15) is 23.6 Å². The molecule has 0 unspecified atom stereocenters. The van der Waals surface area contributed by atoms with Crippen LogP contribution in [0.3, 0.4) is 0 Å². The van der Waals surface area contributed by atoms with Gasteiger partial charge in [-0.2, -0.15) is 9.97 Å². The molecule has 0 amide bonds. The number of benzene rings is 4. The lowest BCUT2D eigenvalue weighted by atomic mass is 10.1. The summed E-state index contributed by atoms with van der Waals surface area (Å²) in [6.45, 7) is 9.22. The highest BCUT2D eigenvalue weighted by atomic mass is 19.1. The summed E-state index contributed by atoms with van der Waals surface area (Å²) in [6, 6.07) is 27.7. The van der Waals surface area contributed by atoms with Crippen LogP contribution in [0.2, 0.25) is 0 Å². The zero-order valence-corrected chi connectivity index (χ0v) is 27.8. The van der Waals surface area contributed by atoms with Crippen molar-refractivity contribution in [3.8, 4) is 0 Å². The van der Waals surface area contributed by atoms with Crippen molar-refractivity contribution in [2.75, 3.05) is 0 Å². The third-order valence-corrected chi connectivity index (χ3v) is 7.48. The lowest BCUT2D eigenvalue weighted by Gasteiger charge is -2.00. The molecule has 0 aliphatic rings. The van der Waals surface area contributed by atoms with Crippen LogP contribution in [-0.4, -0.2) is 9.97 Å². The SMILES string of the molecule is Cc1cc(=O)oc2ccccc12.Cc1ccc2c(C)cc(=O)oc2c1.Cc1nc(=O)oc2ccc(F)cc12.Cc1nc(=O)oc2ccccc12. The zero-order chi connectivity index (χ0) is 35.9. The van der Waals surface area contributed by atoms with E-state index in [1.807, 2.05) is 75.4 Å². The van der Waals surface area contributed by atoms with Crippen molar-refractivity contribution < 1.29 is 22.1 Å². The van der Waals surface area contributed by atoms with Crippen LogP contribution in [0.25, 0.3) is 43.9 Å². The first-order valence-electron chi connectivity index (χ1n) is 15.3. The summed E-state index contributed by atoms with van der Waals surface area (Å²) in [5.74, 6) is -1.56. The number of rotatable bonds is 0. The maximum Gasteiger partial charge on any atom is 0.439 e. The molecule has 8 rings (SSSR count). The van der Waals surface area contributed by atoms with Crippen LogP contribution < -0.4 is 22.8 Å². The van der Waals surface area contributed by atoms with E-state index >= 15 is 0 Å². The molecule has 0 fully saturated rings. The average molecular weight is 675 g/mol. The van der Waals surface area contributed by atoms with Crippen molar-refractivity contribution in [2.24, 2.45) is 0 Å². The van der Waals surface area contributed by atoms with Gasteiger partial charge in [-0.15, -0.1) is 0 Å². The fourth-order valence-electron chi connectivity index (χ4n) is 5.06. The number of hydrogen-bond donors (Lipinski definition) is 0. The number of hydrogen-bond acceptors (Lipinski definition) is 10. The van der Waals surface area contributed by atoms with Crippen molar-refractivity contribution in [1.29, 1.82) is 0 Å². The van der Waals surface area contributed by atoms with Crippen LogP contribution in [0.5, 0.6) is 0 Å². The maximum absolute atomic E-state index is 12.8. The number of nitrogens with zero attached hydrogens (tertiary/aromatic N) is 2. The van der Waals surface area contributed by atoms with Gasteiger partial charge in [0.05, 0.1) is 11.4 Å². The van der Waals surface area contributed by atoms with Crippen molar-refractivity contribution in [1.82, 2.24) is 9.97 Å². The van der Waals surface area contributed by atoms with Crippen LogP contribution >= 0.6 is 0 Å². The maximum atomic E-state index is 12.8. The van der Waals surface area contributed by atoms with E-state index in [0.717, 1.165) is 32.8 Å². The minimum Gasteiger partial charge on any atom is -0.423 e. The summed E-state index contributed by atoms with van der Waals surface area (Å²) in [5, 5.41) is 3.42. The van der Waals surface area contributed by atoms with E-state index < -0.39 is 11.5 Å². The minimum atomic E-state index is -0.656. The van der Waals surface area contributed by atoms with E-state index in [2.05, 4.69) is 9.97 Å². The van der Waals surface area contributed by atoms with Crippen LogP contribution in [0.4, 0.5) is 4.39 Å². The third-order valence-electron chi connectivity index (χ3n) is 7.48. The fraction of sp³-hybridized carbons (Fsp3) is 0.128. The molecule has 252 valence electrons. The number of fused-ring (bicyclic) bond motifs is 4. The van der Waals surface area contributed by atoms with Gasteiger partial charge in [0.1, 0.15) is 28.1 Å². The largest absolute Gasteiger partial charge is 0.439 e. The fourth-order valence-corrected chi connectivity index (χ4v) is 5.06. The first-order chi connectivity index (χ1) is 23.9. The highest BCUT2D eigenvalue weighted by molar-refractivity contribution is 5.81. The molecule has 0 saturated carbocycles. The molecular formula is C39H31FN2O8. The molecule has 0 bridgehead atoms. The highest BCUT2D eigenvalue weighted by Gasteiger charge is 2.04. The molecule has 0 saturated heterocycles. The summed E-state index contributed by atoms with van der Waals surface area (Å²) in [4.78, 5) is 50.9. The van der Waals surface area contributed by atoms with E-state index in [0.29, 0.717) is 39.1 Å². The van der Waals surface area contributed by atoms with Gasteiger partial charge in [-0.3, -0.25) is 0 Å². The molecule has 0 radical (unpaired) electrons. The second kappa shape index (κ2) is 15.2. The Hall–Kier alpha value is -6.49. The van der Waals surface area contributed by atoms with E-state index in [4.69, 9.17) is 17.7 Å². The Morgan fingerprint density at radius 3 is 1.56 bits per heavy atom. The molecule has 0 aliphatic heterocycles. The second-order valence-corrected chi connectivity index (χ2v) is 11.3. The molecule has 0 spiro atoms. The molecule has 4 aromatic heterocycles. The van der Waals surface area contributed by atoms with Crippen LogP contribution in [0.15, 0.2) is 134 Å². The number of aromatic nitrogens is 2. The normalized spacial score (nSPS) is 10.5. The Bertz CT molecular complexity index is 2640. The van der Waals surface area contributed by atoms with Gasteiger partial charge in [-0.25, -0.2) is 23.6 Å². The predicted molar refractivity (Wildman–Crippen MR) is 189 cm³/mol. The molecule has 8 aromatic rings. The Kier molecular flexibility index (Phi) is 10.6. The molecule has 0 aliphatic carbocycles. The van der Waals surface area contributed by atoms with Gasteiger partial charge in [0.15, 0.2) is 0 Å². The Labute approximate surface area is 283 Å². The predicted octanol–water partition coefficient (Wildman–Crippen LogP) is 7.64. The smallest absolute Gasteiger partial charge is 0.423 e. The summed E-state index contributed by atoms with van der Waals surface area (Å²) >= 11 is 0. The monoisotopic (exact) mass is 674 g/mol. The lowest BCUT2D eigenvalue weighted by molar-refractivity contribution is 0.527. The number of para-hydroxylation sites is 2. The van der Waals surface area contributed by atoms with Gasteiger partial charge < -0.3 is 17.7 Å². The third kappa shape index (κ3) is 8.50. The van der Waals surface area contributed by atoms with Crippen molar-refractivity contribution in [3.05, 3.63) is 173 Å². The van der Waals surface area contributed by atoms with Gasteiger partial charge in [-0.05, 0) is 93.8 Å². The molecule has 4 heterocycles. The minimum absolute atomic E-state index is 0.282. The lowest BCUT2D eigenvalue weighted by Crippen LogP contribution is -2.05. The standard InChI is InChI=1S/C11H10O2.C10H8O2.C9H6FNO2.C9H7NO2/c1-7-3-4-9-8(2)6-11(12)13-10(9)5-7;1-7-6-10(11)12-9-5-3-2-4-8(7)9;1-5-7-4-6(10)2-3-8(7)13-9(12)11-5;1-6-7-4-2-3-5-8(7)12-9(11)10-6/h3-6H,1-2H3;2-6H,1H3;2-4H,1H3;2-5H,1H3. The van der Waals surface area contributed by atoms with Gasteiger partial charge >= 0.3 is 22.8 Å². The van der Waals surface area contributed by atoms with Crippen LogP contribution in [-0.2, 0) is 0 Å². The highest BCUT2D eigenvalue weighted by Crippen LogP contribution is 2.18. The zero-order valence-electron chi connectivity index (χ0n) is 27.8. The van der Waals surface area contributed by atoms with Crippen molar-refractivity contribution in [3.63, 3.8) is 0 Å². The summed E-state index contributed by atoms with van der Waals surface area (Å²) in [6.07, 6.45) is 0. The van der Waals surface area contributed by atoms with Crippen LogP contribution in [0, 0.1) is 40.4 Å². The van der Waals surface area contributed by atoms with E-state index in [1.165, 1.54) is 30.3 Å². The summed E-state index contributed by atoms with van der Waals surface area (Å²) in [5.41, 5.74) is 5.92. The number of halogens is 1. The summed E-state index contributed by atoms with van der Waals surface area (Å²) < 4.78 is 32.5. The molecule has 10 nitrogen and oxygen atoms in total. The van der Waals surface area contributed by atoms with Gasteiger partial charge in [0.25, 0.3) is 0 Å². The average Bonchev–Trinajstić information content (AvgIpc) is 3.06. The molecule has 4 aromatic carbocycles. The molecule has 11 heteroatoms. The quantitative estimate of drug-likeness (QED) is 0.147. The molecule has 0 atom stereocenters. The topological polar surface area (TPSA) is 147 Å². The molecular weight excluding hydrogens is 643 g/mol. The first-order valence-corrected chi connectivity index (χ1v) is 15.3. The molecule has 50 heavy (non-hydrogen) atoms. The van der Waals surface area contributed by atoms with Crippen molar-refractivity contribution in [2.45, 2.75) is 34.6 Å². The van der Waals surface area contributed by atoms with Crippen LogP contribution in [0.1, 0.15) is 28.1 Å². The van der Waals surface area contributed by atoms with Gasteiger partial charge in [0.2, 0.25) is 0 Å². The van der Waals surface area contributed by atoms with Gasteiger partial charge in [-0.1, -0.05) is 42.5 Å². The van der Waals surface area contributed by atoms with E-state index in [-0.39, 0.29) is 17.1 Å².